The van der Waals surface area contributed by atoms with Crippen molar-refractivity contribution < 1.29 is 63.4 Å². The lowest BCUT2D eigenvalue weighted by molar-refractivity contribution is -0.154. The summed E-state index contributed by atoms with van der Waals surface area (Å²) in [5, 5.41) is 51.4. The smallest absolute Gasteiger partial charge is 0.408 e. The quantitative estimate of drug-likeness (QED) is 0.0400. The highest BCUT2D eigenvalue weighted by Gasteiger charge is 2.31. The van der Waals surface area contributed by atoms with Gasteiger partial charge in [-0.15, -0.1) is 0 Å². The van der Waals surface area contributed by atoms with Crippen LogP contribution in [-0.4, -0.2) is 73.1 Å². The van der Waals surface area contributed by atoms with Gasteiger partial charge in [-0.1, -0.05) is 245 Å². The van der Waals surface area contributed by atoms with E-state index in [0.29, 0.717) is 36.2 Å². The first-order valence-electron chi connectivity index (χ1n) is 44.8. The average molecular weight is 2500 g/mol. The van der Waals surface area contributed by atoms with Crippen molar-refractivity contribution in [2.45, 2.75) is 268 Å². The van der Waals surface area contributed by atoms with Gasteiger partial charge in [0.15, 0.2) is 5.78 Å². The predicted molar refractivity (Wildman–Crippen MR) is 586 cm³/mol. The van der Waals surface area contributed by atoms with E-state index in [9.17, 15) is 33.9 Å². The summed E-state index contributed by atoms with van der Waals surface area (Å²) in [6.45, 7) is 41.3. The highest BCUT2D eigenvalue weighted by molar-refractivity contribution is 9.12. The van der Waals surface area contributed by atoms with Crippen molar-refractivity contribution in [3.05, 3.63) is 343 Å². The van der Waals surface area contributed by atoms with Crippen molar-refractivity contribution in [3.63, 3.8) is 0 Å². The van der Waals surface area contributed by atoms with Gasteiger partial charge in [0.1, 0.15) is 16.8 Å². The summed E-state index contributed by atoms with van der Waals surface area (Å²) >= 11 is 34.4. The molecule has 0 radical (unpaired) electrons. The van der Waals surface area contributed by atoms with E-state index in [1.54, 1.807) is 19.1 Å². The molecule has 0 saturated carbocycles. The zero-order valence-corrected chi connectivity index (χ0v) is 96.7. The molecule has 728 valence electrons. The van der Waals surface area contributed by atoms with Crippen molar-refractivity contribution in [3.8, 4) is 6.07 Å². The molecule has 0 aromatic heterocycles. The minimum absolute atomic E-state index is 0.0220. The summed E-state index contributed by atoms with van der Waals surface area (Å²) in [6, 6.07) is 51.4. The number of aliphatic hydroxyl groups excluding tert-OH is 2. The number of amides is 2. The third kappa shape index (κ3) is 36.1. The number of halogens is 10. The first-order chi connectivity index (χ1) is 63.7. The summed E-state index contributed by atoms with van der Waals surface area (Å²) in [5.74, 6) is -1.49. The topological polar surface area (TPSA) is 259 Å². The Bertz CT molecular complexity index is 5840. The first-order valence-corrected chi connectivity index (χ1v) is 53.1. The molecule has 5 aliphatic carbocycles. The Hall–Kier alpha value is -7.23. The molecule has 10 aromatic carbocycles. The van der Waals surface area contributed by atoms with Crippen LogP contribution in [0.25, 0.3) is 5.57 Å². The van der Waals surface area contributed by atoms with E-state index in [1.165, 1.54) is 104 Å². The molecule has 6 N–H and O–H groups in total. The van der Waals surface area contributed by atoms with E-state index in [4.69, 9.17) is 34.8 Å². The fraction of sp³-hybridized carbons (Fsp3) is 0.373. The number of alkyl carbamates (subject to hydrolysis) is 2. The minimum Gasteiger partial charge on any atom is -0.481 e. The molecule has 16 nitrogen and oxygen atoms in total. The van der Waals surface area contributed by atoms with Crippen LogP contribution in [-0.2, 0) is 80.7 Å². The number of carbonyl (C=O) groups is 6. The molecule has 15 rings (SSSR count). The van der Waals surface area contributed by atoms with Crippen LogP contribution < -0.4 is 10.6 Å². The SMILES string of the molecule is C=C1CCc2c1ccc(Br)c2C.Cc1c(Br)ccc2c1CCC2=O.Cc1c(Br)ccc2c1CC[C@@H]2NC(=O)OC(C)(C)C.Cc1c(Br)ccc2c1CC[C@H]2O.Cc1c(Br)cccc1C(=O)O.Cc1c(Br)cccc1CBr.Cc1c(Br)cccc1CCC(=O)O.Cc1c(Br)cccc1CCC(=O)OC(C)(C)C.Cc1c(Br)cccc1CO.Cc1c(C#N)ccc2c1CC[C@@H]2NC(=O)OC(C)(C)C. The van der Waals surface area contributed by atoms with Crippen LogP contribution in [0.5, 0.6) is 0 Å². The number of hydrogen-bond donors (Lipinski definition) is 6. The van der Waals surface area contributed by atoms with Crippen molar-refractivity contribution in [1.82, 2.24) is 10.6 Å². The predicted octanol–water partition coefficient (Wildman–Crippen LogP) is 32.2. The van der Waals surface area contributed by atoms with Crippen molar-refractivity contribution >= 4 is 201 Å². The Morgan fingerprint density at radius 2 is 0.757 bits per heavy atom. The van der Waals surface area contributed by atoms with Gasteiger partial charge in [-0.3, -0.25) is 14.4 Å². The second kappa shape index (κ2) is 55.3. The van der Waals surface area contributed by atoms with Crippen LogP contribution in [0.3, 0.4) is 0 Å². The van der Waals surface area contributed by atoms with Crippen LogP contribution in [0.1, 0.15) is 280 Å². The monoisotopic (exact) mass is 2490 g/mol. The minimum atomic E-state index is -0.885. The van der Waals surface area contributed by atoms with Crippen molar-refractivity contribution in [1.29, 1.82) is 5.26 Å². The number of carbonyl (C=O) groups excluding carboxylic acids is 4. The van der Waals surface area contributed by atoms with Crippen LogP contribution in [0.2, 0.25) is 0 Å². The Labute approximate surface area is 888 Å². The average Bonchev–Trinajstić information content (AvgIpc) is 1.67. The lowest BCUT2D eigenvalue weighted by Crippen LogP contribution is -2.34. The van der Waals surface area contributed by atoms with Gasteiger partial charge in [-0.05, 0) is 409 Å². The molecule has 0 unspecified atom stereocenters. The molecule has 0 spiro atoms. The Morgan fingerprint density at radius 3 is 1.18 bits per heavy atom. The molecule has 0 heterocycles. The molecule has 5 aliphatic rings. The highest BCUT2D eigenvalue weighted by atomic mass is 79.9. The molecular weight excluding hydrogens is 2370 g/mol. The fourth-order valence-corrected chi connectivity index (χ4v) is 19.6. The molecule has 10 aromatic rings. The third-order valence-electron chi connectivity index (χ3n) is 23.4. The second-order valence-corrected chi connectivity index (χ2v) is 44.7. The van der Waals surface area contributed by atoms with Crippen LogP contribution in [0, 0.1) is 80.6 Å². The molecule has 0 saturated heterocycles. The number of Topliss-reactive ketones (excluding diaryl/α,β-unsaturated/α-hetero) is 1. The number of alkyl halides is 1. The number of hydrogen-bond acceptors (Lipinski definition) is 12. The number of ketones is 1. The van der Waals surface area contributed by atoms with E-state index < -0.39 is 34.8 Å². The maximum Gasteiger partial charge on any atom is 0.408 e. The van der Waals surface area contributed by atoms with Gasteiger partial charge in [0, 0.05) is 70.4 Å². The summed E-state index contributed by atoms with van der Waals surface area (Å²) in [4.78, 5) is 67.5. The molecule has 26 heteroatoms. The van der Waals surface area contributed by atoms with Crippen molar-refractivity contribution in [2.75, 3.05) is 0 Å². The summed E-state index contributed by atoms with van der Waals surface area (Å²) in [6.07, 6.45) is 10.4. The molecule has 2 amide bonds. The number of nitrogens with one attached hydrogen (secondary N) is 2. The number of rotatable bonds is 11. The zero-order valence-electron chi connectivity index (χ0n) is 80.9. The lowest BCUT2D eigenvalue weighted by Gasteiger charge is -2.22. The second-order valence-electron chi connectivity index (χ2n) is 36.4. The number of benzene rings is 10. The molecule has 0 fully saturated rings. The zero-order chi connectivity index (χ0) is 102. The molecule has 136 heavy (non-hydrogen) atoms. The van der Waals surface area contributed by atoms with Gasteiger partial charge in [-0.25, -0.2) is 14.4 Å². The van der Waals surface area contributed by atoms with Crippen molar-refractivity contribution in [2.24, 2.45) is 0 Å². The number of nitrogens with zero attached hydrogens (tertiary/aromatic N) is 1. The number of nitriles is 1. The fourth-order valence-electron chi connectivity index (χ4n) is 15.5. The number of carboxylic acid groups (broad SMARTS) is 2. The number of allylic oxidation sites excluding steroid dienone is 1. The van der Waals surface area contributed by atoms with E-state index in [0.717, 1.165) is 144 Å². The Kier molecular flexibility index (Phi) is 47.7. The number of aromatic carboxylic acids is 1. The van der Waals surface area contributed by atoms with Crippen LogP contribution >= 0.6 is 159 Å². The van der Waals surface area contributed by atoms with Gasteiger partial charge in [0.05, 0.1) is 42.0 Å². The first kappa shape index (κ1) is 117. The van der Waals surface area contributed by atoms with E-state index in [-0.39, 0.29) is 43.3 Å². The van der Waals surface area contributed by atoms with E-state index in [1.807, 2.05) is 192 Å². The summed E-state index contributed by atoms with van der Waals surface area (Å²) in [7, 11) is 0. The van der Waals surface area contributed by atoms with E-state index >= 15 is 0 Å². The summed E-state index contributed by atoms with van der Waals surface area (Å²) < 4.78 is 25.7. The summed E-state index contributed by atoms with van der Waals surface area (Å²) in [5.41, 5.74) is 29.6. The number of aliphatic carboxylic acids is 1. The maximum atomic E-state index is 11.8. The number of aryl methyl sites for hydroxylation is 2. The molecule has 0 aliphatic heterocycles. The van der Waals surface area contributed by atoms with Gasteiger partial charge in [0.2, 0.25) is 0 Å². The number of esters is 1. The number of fused-ring (bicyclic) bond motifs is 5. The Balaban J connectivity index is 0.000000234. The highest BCUT2D eigenvalue weighted by Crippen LogP contribution is 2.41. The molecule has 3 atom stereocenters. The maximum absolute atomic E-state index is 11.8. The normalized spacial score (nSPS) is 14.2. The van der Waals surface area contributed by atoms with Gasteiger partial charge in [-0.2, -0.15) is 5.26 Å². The van der Waals surface area contributed by atoms with Crippen LogP contribution in [0.4, 0.5) is 9.59 Å². The van der Waals surface area contributed by atoms with E-state index in [2.05, 4.69) is 254 Å². The Morgan fingerprint density at radius 1 is 0.404 bits per heavy atom. The number of carboxylic acids is 2. The van der Waals surface area contributed by atoms with Crippen LogP contribution in [0.15, 0.2) is 198 Å². The largest absolute Gasteiger partial charge is 0.481 e. The van der Waals surface area contributed by atoms with Gasteiger partial charge >= 0.3 is 30.1 Å². The number of aliphatic hydroxyl groups is 2. The lowest BCUT2D eigenvalue weighted by atomic mass is 9.99. The number of ether oxygens (including phenoxy) is 3. The molecular formula is C110H125Br10N3O13. The molecule has 0 bridgehead atoms. The standard InChI is InChI=1S/C16H20N2O2.C15H20BrNO2.C14H19BrO2.C11H11Br.C10H11BrO2.C10H11BrO.C10H9BrO.C8H8Br2.C8H7BrO2.C8H9BrO/c1-10-11(9-17)5-6-13-12(10)7-8-14(13)18-15(19)20-16(2,3)4;1-9-10-6-8-13(11(10)5-7-12(9)16)17-14(18)19-15(2,3)4;1-10-11(6-5-7-12(10)15)8-9-13(16)17-14(2,3)4;1-7-3-4-10-8(2)11(12)6-5-9(7)10;1-7-8(5-6-10(12)13)3-2-4-9(7)11;2*1-6-7-3-5-10(12)8(7)2-4-9(6)11;1-6-7(5-9)3-2-4-8(6)10;1-5-6(8(10)11)3-2-4-7(5)9;1-6-7(5-10)3-2-4-8(6)9/h5-6,14H,7-8H2,1-4H3,(H,18,19);5,7,13H,6,8H2,1-4H3,(H,17,18);5-7H,8-9H2,1-4H3;5-6H,1,3-4H2,2H3;2-4H,5-6H2,1H3,(H,12,13);2,4,10,12H,3,5H2,1H3;2,4H,3,5H2,1H3;2-4H,5H2,1H3;2-4H,1H3,(H,10,11);2-4,10H,5H2,1H3/t14-;13-;;;;10-;;;;/m00...1..../s1. The third-order valence-corrected chi connectivity index (χ3v) is 31.7. The van der Waals surface area contributed by atoms with Gasteiger partial charge in [0.25, 0.3) is 0 Å². The van der Waals surface area contributed by atoms with Gasteiger partial charge < -0.3 is 45.3 Å².